The summed E-state index contributed by atoms with van der Waals surface area (Å²) in [5.41, 5.74) is 0. The van der Waals surface area contributed by atoms with Crippen molar-refractivity contribution >= 4 is 41.8 Å². The van der Waals surface area contributed by atoms with Gasteiger partial charge in [-0.3, -0.25) is 14.6 Å². The minimum Gasteiger partial charge on any atom is -0.357 e. The number of carbonyl (C=O) groups excluding carboxylic acids is 2. The molecule has 1 heterocycles. The molecule has 7 nitrogen and oxygen atoms in total. The Morgan fingerprint density at radius 3 is 2.50 bits per heavy atom. The lowest BCUT2D eigenvalue weighted by Crippen LogP contribution is -2.45. The van der Waals surface area contributed by atoms with Crippen LogP contribution >= 0.6 is 24.0 Å². The SMILES string of the molecule is CCNC(=NCCNC(=O)CC1CCCCC1)NC1CCN(C(=O)CC)C1.I. The minimum absolute atomic E-state index is 0. The van der Waals surface area contributed by atoms with Crippen LogP contribution in [0.15, 0.2) is 4.99 Å². The maximum atomic E-state index is 12.1. The molecule has 0 aromatic heterocycles. The second-order valence-electron chi connectivity index (χ2n) is 7.64. The van der Waals surface area contributed by atoms with Crippen molar-refractivity contribution in [1.29, 1.82) is 0 Å². The quantitative estimate of drug-likeness (QED) is 0.204. The van der Waals surface area contributed by atoms with E-state index in [1.165, 1.54) is 32.1 Å². The van der Waals surface area contributed by atoms with Crippen molar-refractivity contribution in [2.75, 3.05) is 32.7 Å². The zero-order valence-electron chi connectivity index (χ0n) is 17.5. The molecule has 3 N–H and O–H groups in total. The molecule has 1 unspecified atom stereocenters. The van der Waals surface area contributed by atoms with Gasteiger partial charge in [-0.05, 0) is 32.1 Å². The van der Waals surface area contributed by atoms with Crippen LogP contribution < -0.4 is 16.0 Å². The predicted octanol–water partition coefficient (Wildman–Crippen LogP) is 2.26. The lowest BCUT2D eigenvalue weighted by atomic mass is 9.87. The van der Waals surface area contributed by atoms with Crippen molar-refractivity contribution in [3.63, 3.8) is 0 Å². The van der Waals surface area contributed by atoms with E-state index in [4.69, 9.17) is 0 Å². The molecule has 2 rings (SSSR count). The van der Waals surface area contributed by atoms with Crippen molar-refractivity contribution < 1.29 is 9.59 Å². The Hall–Kier alpha value is -1.06. The van der Waals surface area contributed by atoms with Gasteiger partial charge in [-0.15, -0.1) is 24.0 Å². The fourth-order valence-electron chi connectivity index (χ4n) is 3.93. The number of guanidine groups is 1. The van der Waals surface area contributed by atoms with Crippen LogP contribution in [-0.2, 0) is 9.59 Å². The second kappa shape index (κ2) is 14.0. The molecular weight excluding hydrogens is 469 g/mol. The number of rotatable bonds is 8. The molecule has 1 aliphatic heterocycles. The molecule has 0 bridgehead atoms. The van der Waals surface area contributed by atoms with Crippen molar-refractivity contribution in [3.05, 3.63) is 0 Å². The van der Waals surface area contributed by atoms with Crippen LogP contribution in [0.4, 0.5) is 0 Å². The molecule has 28 heavy (non-hydrogen) atoms. The molecule has 2 aliphatic rings. The molecule has 0 radical (unpaired) electrons. The summed E-state index contributed by atoms with van der Waals surface area (Å²) in [6.45, 7) is 7.37. The van der Waals surface area contributed by atoms with Gasteiger partial charge in [0.15, 0.2) is 5.96 Å². The molecule has 0 spiro atoms. The normalized spacial score (nSPS) is 20.4. The van der Waals surface area contributed by atoms with Crippen LogP contribution in [0, 0.1) is 5.92 Å². The van der Waals surface area contributed by atoms with E-state index >= 15 is 0 Å². The molecule has 8 heteroatoms. The third-order valence-corrected chi connectivity index (χ3v) is 5.43. The van der Waals surface area contributed by atoms with E-state index in [1.807, 2.05) is 18.7 Å². The fourth-order valence-corrected chi connectivity index (χ4v) is 3.93. The summed E-state index contributed by atoms with van der Waals surface area (Å²) < 4.78 is 0. The zero-order chi connectivity index (χ0) is 19.5. The van der Waals surface area contributed by atoms with Gasteiger partial charge in [0.05, 0.1) is 6.54 Å². The zero-order valence-corrected chi connectivity index (χ0v) is 19.8. The number of halogens is 1. The summed E-state index contributed by atoms with van der Waals surface area (Å²) >= 11 is 0. The van der Waals surface area contributed by atoms with Crippen molar-refractivity contribution in [3.8, 4) is 0 Å². The monoisotopic (exact) mass is 507 g/mol. The number of nitrogens with zero attached hydrogens (tertiary/aromatic N) is 2. The molecule has 0 aromatic rings. The first-order valence-corrected chi connectivity index (χ1v) is 10.7. The van der Waals surface area contributed by atoms with Crippen LogP contribution in [0.5, 0.6) is 0 Å². The van der Waals surface area contributed by atoms with E-state index in [0.717, 1.165) is 32.0 Å². The summed E-state index contributed by atoms with van der Waals surface area (Å²) in [7, 11) is 0. The number of carbonyl (C=O) groups is 2. The first-order valence-electron chi connectivity index (χ1n) is 10.7. The summed E-state index contributed by atoms with van der Waals surface area (Å²) in [4.78, 5) is 30.3. The van der Waals surface area contributed by atoms with Crippen LogP contribution in [0.25, 0.3) is 0 Å². The highest BCUT2D eigenvalue weighted by Crippen LogP contribution is 2.25. The molecule has 0 aromatic carbocycles. The van der Waals surface area contributed by atoms with E-state index in [-0.39, 0.29) is 41.8 Å². The third-order valence-electron chi connectivity index (χ3n) is 5.43. The Kier molecular flexibility index (Phi) is 12.5. The van der Waals surface area contributed by atoms with Crippen LogP contribution in [0.2, 0.25) is 0 Å². The number of aliphatic imine (C=N–C) groups is 1. The highest BCUT2D eigenvalue weighted by atomic mass is 127. The fraction of sp³-hybridized carbons (Fsp3) is 0.850. The van der Waals surface area contributed by atoms with Crippen LogP contribution in [0.1, 0.15) is 65.2 Å². The summed E-state index contributed by atoms with van der Waals surface area (Å²) in [6.07, 6.45) is 8.39. The lowest BCUT2D eigenvalue weighted by Gasteiger charge is -2.20. The summed E-state index contributed by atoms with van der Waals surface area (Å²) in [5.74, 6) is 1.69. The van der Waals surface area contributed by atoms with E-state index in [1.54, 1.807) is 0 Å². The maximum absolute atomic E-state index is 12.1. The van der Waals surface area contributed by atoms with E-state index in [0.29, 0.717) is 31.8 Å². The van der Waals surface area contributed by atoms with Gasteiger partial charge in [-0.25, -0.2) is 0 Å². The van der Waals surface area contributed by atoms with Gasteiger partial charge in [0, 0.05) is 45.1 Å². The van der Waals surface area contributed by atoms with Crippen molar-refractivity contribution in [2.45, 2.75) is 71.3 Å². The van der Waals surface area contributed by atoms with Gasteiger partial charge in [0.2, 0.25) is 11.8 Å². The minimum atomic E-state index is 0. The Morgan fingerprint density at radius 2 is 1.82 bits per heavy atom. The molecule has 1 aliphatic carbocycles. The van der Waals surface area contributed by atoms with Gasteiger partial charge < -0.3 is 20.9 Å². The Bertz CT molecular complexity index is 509. The highest BCUT2D eigenvalue weighted by molar-refractivity contribution is 14.0. The molecular formula is C20H38IN5O2. The van der Waals surface area contributed by atoms with E-state index in [2.05, 4.69) is 20.9 Å². The Balaban J connectivity index is 0.00000392. The predicted molar refractivity (Wildman–Crippen MR) is 124 cm³/mol. The number of hydrogen-bond acceptors (Lipinski definition) is 3. The number of amides is 2. The van der Waals surface area contributed by atoms with Crippen molar-refractivity contribution in [2.24, 2.45) is 10.9 Å². The smallest absolute Gasteiger partial charge is 0.222 e. The van der Waals surface area contributed by atoms with Gasteiger partial charge in [-0.2, -0.15) is 0 Å². The number of nitrogens with one attached hydrogen (secondary N) is 3. The average molecular weight is 507 g/mol. The van der Waals surface area contributed by atoms with Gasteiger partial charge in [0.25, 0.3) is 0 Å². The van der Waals surface area contributed by atoms with E-state index in [9.17, 15) is 9.59 Å². The lowest BCUT2D eigenvalue weighted by molar-refractivity contribution is -0.129. The molecule has 1 saturated heterocycles. The van der Waals surface area contributed by atoms with Crippen molar-refractivity contribution in [1.82, 2.24) is 20.9 Å². The van der Waals surface area contributed by atoms with Crippen LogP contribution in [0.3, 0.4) is 0 Å². The number of hydrogen-bond donors (Lipinski definition) is 3. The maximum Gasteiger partial charge on any atom is 0.222 e. The Labute approximate surface area is 186 Å². The first kappa shape index (κ1) is 25.0. The standard InChI is InChI=1S/C20H37N5O2.HI/c1-3-19(27)25-13-10-17(15-25)24-20(21-4-2)23-12-11-22-18(26)14-16-8-6-5-7-9-16;/h16-17H,3-15H2,1-2H3,(H,22,26)(H2,21,23,24);1H. The van der Waals surface area contributed by atoms with Gasteiger partial charge in [-0.1, -0.05) is 26.2 Å². The second-order valence-corrected chi connectivity index (χ2v) is 7.64. The molecule has 1 atom stereocenters. The topological polar surface area (TPSA) is 85.8 Å². The Morgan fingerprint density at radius 1 is 1.07 bits per heavy atom. The first-order chi connectivity index (χ1) is 13.1. The average Bonchev–Trinajstić information content (AvgIpc) is 3.14. The van der Waals surface area contributed by atoms with E-state index < -0.39 is 0 Å². The number of likely N-dealkylation sites (tertiary alicyclic amines) is 1. The summed E-state index contributed by atoms with van der Waals surface area (Å²) in [5, 5.41) is 9.65. The van der Waals surface area contributed by atoms with Gasteiger partial charge in [0.1, 0.15) is 0 Å². The molecule has 1 saturated carbocycles. The highest BCUT2D eigenvalue weighted by Gasteiger charge is 2.25. The molecule has 2 amide bonds. The third kappa shape index (κ3) is 8.96. The molecule has 162 valence electrons. The molecule has 2 fully saturated rings. The summed E-state index contributed by atoms with van der Waals surface area (Å²) in [6, 6.07) is 0.235. The van der Waals surface area contributed by atoms with Gasteiger partial charge >= 0.3 is 0 Å². The largest absolute Gasteiger partial charge is 0.357 e. The van der Waals surface area contributed by atoms with Crippen LogP contribution in [-0.4, -0.2) is 61.4 Å².